The number of pyridine rings is 1. The lowest BCUT2D eigenvalue weighted by Gasteiger charge is -2.37. The Labute approximate surface area is 184 Å². The molecule has 28 heavy (non-hydrogen) atoms. The summed E-state index contributed by atoms with van der Waals surface area (Å²) < 4.78 is 15.7. The number of halogens is 3. The summed E-state index contributed by atoms with van der Waals surface area (Å²) in [5.74, 6) is -0.514. The van der Waals surface area contributed by atoms with E-state index in [0.29, 0.717) is 21.9 Å². The van der Waals surface area contributed by atoms with Crippen molar-refractivity contribution in [3.05, 3.63) is 30.0 Å². The van der Waals surface area contributed by atoms with Crippen molar-refractivity contribution in [2.45, 2.75) is 23.5 Å². The van der Waals surface area contributed by atoms with Gasteiger partial charge in [-0.05, 0) is 57.3 Å². The zero-order valence-electron chi connectivity index (χ0n) is 14.3. The van der Waals surface area contributed by atoms with E-state index < -0.39 is 16.8 Å². The van der Waals surface area contributed by atoms with Crippen LogP contribution in [0.15, 0.2) is 15.6 Å². The smallest absolute Gasteiger partial charge is 0.407 e. The first kappa shape index (κ1) is 19.9. The average molecular weight is 583 g/mol. The highest BCUT2D eigenvalue weighted by Gasteiger charge is 2.54. The van der Waals surface area contributed by atoms with Crippen LogP contribution in [0.2, 0.25) is 0 Å². The van der Waals surface area contributed by atoms with Gasteiger partial charge in [0.25, 0.3) is 0 Å². The maximum Gasteiger partial charge on any atom is 0.407 e. The monoisotopic (exact) mass is 582 g/mol. The van der Waals surface area contributed by atoms with Gasteiger partial charge in [0.2, 0.25) is 0 Å². The van der Waals surface area contributed by atoms with Crippen LogP contribution in [0, 0.1) is 25.4 Å². The molecule has 2 unspecified atom stereocenters. The molecule has 8 nitrogen and oxygen atoms in total. The third-order valence-electron chi connectivity index (χ3n) is 5.29. The minimum atomic E-state index is -1.000. The standard InChI is InChI=1S/C16H13BrFIN4O4S/c1-28-15-14(23(26)27)13(6-3-7(19)9(17)10(18)12(6)21-15)20-11-5-2-8(11)22(4-5)16(24)25/h3,5,8,11H,2,4H2,1H3,(H,20,21)(H,24,25)/t5?,8?,11-/m0/s1. The van der Waals surface area contributed by atoms with Gasteiger partial charge in [-0.25, -0.2) is 14.2 Å². The van der Waals surface area contributed by atoms with Crippen molar-refractivity contribution >= 4 is 78.7 Å². The molecule has 1 aromatic carbocycles. The van der Waals surface area contributed by atoms with Gasteiger partial charge in [0.1, 0.15) is 11.2 Å². The molecule has 2 N–H and O–H groups in total. The lowest BCUT2D eigenvalue weighted by atomic mass is 9.79. The average Bonchev–Trinajstić information content (AvgIpc) is 3.23. The molecular weight excluding hydrogens is 570 g/mol. The fraction of sp³-hybridized carbons (Fsp3) is 0.375. The second-order valence-corrected chi connectivity index (χ2v) is 9.40. The normalized spacial score (nSPS) is 23.0. The molecular formula is C16H13BrFIN4O4S. The number of carboxylic acid groups (broad SMARTS) is 1. The van der Waals surface area contributed by atoms with E-state index in [9.17, 15) is 24.4 Å². The van der Waals surface area contributed by atoms with Gasteiger partial charge in [0, 0.05) is 21.4 Å². The van der Waals surface area contributed by atoms with Crippen molar-refractivity contribution in [2.24, 2.45) is 5.92 Å². The number of amides is 1. The van der Waals surface area contributed by atoms with E-state index in [2.05, 4.69) is 26.2 Å². The molecule has 2 aromatic rings. The van der Waals surface area contributed by atoms with E-state index >= 15 is 0 Å². The molecule has 5 rings (SSSR count). The van der Waals surface area contributed by atoms with E-state index in [0.717, 1.165) is 11.8 Å². The SMILES string of the molecule is CSc1nc2c(F)c(Br)c(I)cc2c(N[C@H]2C3CC2N(C(=O)O)C3)c1[N+](=O)[O-]. The van der Waals surface area contributed by atoms with Crippen LogP contribution in [0.4, 0.5) is 20.6 Å². The molecule has 1 amide bonds. The summed E-state index contributed by atoms with van der Waals surface area (Å²) >= 11 is 6.21. The summed E-state index contributed by atoms with van der Waals surface area (Å²) in [7, 11) is 0. The van der Waals surface area contributed by atoms with Crippen molar-refractivity contribution in [1.29, 1.82) is 0 Å². The van der Waals surface area contributed by atoms with Crippen LogP contribution >= 0.6 is 50.3 Å². The summed E-state index contributed by atoms with van der Waals surface area (Å²) in [5.41, 5.74) is 0.00723. The predicted octanol–water partition coefficient (Wildman–Crippen LogP) is 4.53. The van der Waals surface area contributed by atoms with Crippen molar-refractivity contribution in [3.8, 4) is 0 Å². The summed E-state index contributed by atoms with van der Waals surface area (Å²) in [6, 6.07) is 1.15. The minimum absolute atomic E-state index is 0.0338. The Morgan fingerprint density at radius 2 is 2.32 bits per heavy atom. The largest absolute Gasteiger partial charge is 0.465 e. The highest BCUT2D eigenvalue weighted by molar-refractivity contribution is 14.1. The molecule has 2 bridgehead atoms. The van der Waals surface area contributed by atoms with E-state index in [4.69, 9.17) is 0 Å². The number of benzene rings is 1. The summed E-state index contributed by atoms with van der Waals surface area (Å²) in [6.45, 7) is 0.390. The van der Waals surface area contributed by atoms with Crippen molar-refractivity contribution in [1.82, 2.24) is 9.88 Å². The summed E-state index contributed by atoms with van der Waals surface area (Å²) in [5, 5.41) is 24.7. The number of hydrogen-bond acceptors (Lipinski definition) is 6. The van der Waals surface area contributed by atoms with Crippen LogP contribution in [-0.4, -0.2) is 50.9 Å². The lowest BCUT2D eigenvalue weighted by Crippen LogP contribution is -2.49. The minimum Gasteiger partial charge on any atom is -0.465 e. The first-order valence-corrected chi connectivity index (χ1v) is 11.3. The van der Waals surface area contributed by atoms with E-state index in [1.54, 1.807) is 12.3 Å². The number of nitro groups is 1. The lowest BCUT2D eigenvalue weighted by molar-refractivity contribution is -0.387. The van der Waals surface area contributed by atoms with Crippen LogP contribution in [0.1, 0.15) is 6.42 Å². The third-order valence-corrected chi connectivity index (χ3v) is 8.33. The Morgan fingerprint density at radius 3 is 2.89 bits per heavy atom. The topological polar surface area (TPSA) is 109 Å². The van der Waals surface area contributed by atoms with Gasteiger partial charge >= 0.3 is 11.8 Å². The maximum atomic E-state index is 14.8. The highest BCUT2D eigenvalue weighted by Crippen LogP contribution is 2.47. The number of rotatable bonds is 4. The fourth-order valence-electron chi connectivity index (χ4n) is 3.95. The molecule has 0 radical (unpaired) electrons. The number of carbonyl (C=O) groups is 1. The quantitative estimate of drug-likeness (QED) is 0.179. The van der Waals surface area contributed by atoms with Crippen LogP contribution in [-0.2, 0) is 0 Å². The molecule has 0 spiro atoms. The molecule has 1 saturated carbocycles. The number of anilines is 1. The van der Waals surface area contributed by atoms with Gasteiger partial charge in [0.05, 0.1) is 21.5 Å². The number of thioether (sulfide) groups is 1. The molecule has 3 fully saturated rings. The molecule has 3 heterocycles. The van der Waals surface area contributed by atoms with Crippen LogP contribution < -0.4 is 5.32 Å². The zero-order valence-corrected chi connectivity index (χ0v) is 18.8. The van der Waals surface area contributed by atoms with Crippen molar-refractivity contribution in [2.75, 3.05) is 18.1 Å². The molecule has 1 aromatic heterocycles. The molecule has 2 aliphatic heterocycles. The van der Waals surface area contributed by atoms with Crippen LogP contribution in [0.5, 0.6) is 0 Å². The Morgan fingerprint density at radius 1 is 1.61 bits per heavy atom. The number of nitrogens with one attached hydrogen (secondary N) is 1. The van der Waals surface area contributed by atoms with Crippen LogP contribution in [0.25, 0.3) is 10.9 Å². The second-order valence-electron chi connectivity index (χ2n) is 6.65. The first-order chi connectivity index (χ1) is 13.2. The highest BCUT2D eigenvalue weighted by atomic mass is 127. The van der Waals surface area contributed by atoms with Crippen molar-refractivity contribution in [3.63, 3.8) is 0 Å². The fourth-order valence-corrected chi connectivity index (χ4v) is 5.35. The molecule has 2 saturated heterocycles. The third kappa shape index (κ3) is 2.91. The number of fused-ring (bicyclic) bond motifs is 2. The Hall–Kier alpha value is -1.41. The summed E-state index contributed by atoms with van der Waals surface area (Å²) in [6.07, 6.45) is 1.36. The van der Waals surface area contributed by atoms with Gasteiger partial charge < -0.3 is 15.3 Å². The maximum absolute atomic E-state index is 14.8. The van der Waals surface area contributed by atoms with Gasteiger partial charge in [-0.3, -0.25) is 10.1 Å². The number of aromatic nitrogens is 1. The van der Waals surface area contributed by atoms with Crippen molar-refractivity contribution < 1.29 is 19.2 Å². The first-order valence-electron chi connectivity index (χ1n) is 8.20. The zero-order chi connectivity index (χ0) is 20.3. The Bertz CT molecular complexity index is 1040. The van der Waals surface area contributed by atoms with Gasteiger partial charge in [0.15, 0.2) is 10.8 Å². The van der Waals surface area contributed by atoms with Gasteiger partial charge in [-0.1, -0.05) is 0 Å². The predicted molar refractivity (Wildman–Crippen MR) is 115 cm³/mol. The Balaban J connectivity index is 1.89. The van der Waals surface area contributed by atoms with Crippen LogP contribution in [0.3, 0.4) is 0 Å². The molecule has 1 aliphatic carbocycles. The van der Waals surface area contributed by atoms with E-state index in [-0.39, 0.29) is 44.4 Å². The number of hydrogen-bond donors (Lipinski definition) is 2. The van der Waals surface area contributed by atoms with E-state index in [1.165, 1.54) is 4.90 Å². The number of nitrogens with zero attached hydrogens (tertiary/aromatic N) is 3. The molecule has 148 valence electrons. The second kappa shape index (κ2) is 7.13. The molecule has 3 aliphatic rings. The van der Waals surface area contributed by atoms with Gasteiger partial charge in [-0.2, -0.15) is 0 Å². The van der Waals surface area contributed by atoms with E-state index in [1.807, 2.05) is 22.6 Å². The molecule has 12 heteroatoms. The molecule has 3 atom stereocenters. The Kier molecular flexibility index (Phi) is 5.06. The van der Waals surface area contributed by atoms with Gasteiger partial charge in [-0.15, -0.1) is 11.8 Å². The summed E-state index contributed by atoms with van der Waals surface area (Å²) in [4.78, 5) is 28.2.